The van der Waals surface area contributed by atoms with Gasteiger partial charge in [0.1, 0.15) is 0 Å². The van der Waals surface area contributed by atoms with Gasteiger partial charge in [-0.05, 0) is 12.1 Å². The van der Waals surface area contributed by atoms with Crippen LogP contribution in [0, 0.1) is 5.39 Å². The second kappa shape index (κ2) is 4.58. The minimum Gasteiger partial charge on any atom is -1.00 e. The van der Waals surface area contributed by atoms with Crippen molar-refractivity contribution in [2.45, 2.75) is 0 Å². The highest BCUT2D eigenvalue weighted by molar-refractivity contribution is 5.54. The smallest absolute Gasteiger partial charge is 0.385 e. The molecule has 0 radical (unpaired) electrons. The normalized spacial score (nSPS) is 8.08. The van der Waals surface area contributed by atoms with E-state index in [-0.39, 0.29) is 12.4 Å². The molecule has 0 aliphatic rings. The molecule has 64 valence electrons. The summed E-state index contributed by atoms with van der Waals surface area (Å²) in [5, 5.41) is 8.38. The summed E-state index contributed by atoms with van der Waals surface area (Å²) >= 11 is 0. The maximum absolute atomic E-state index is 8.38. The van der Waals surface area contributed by atoms with E-state index in [2.05, 4.69) is 4.98 Å². The Morgan fingerprint density at radius 2 is 1.67 bits per heavy atom. The molecule has 0 bridgehead atoms. The molecule has 0 aliphatic carbocycles. The van der Waals surface area contributed by atoms with E-state index in [1.165, 1.54) is 0 Å². The Bertz CT molecular complexity index is 273. The molecule has 3 nitrogen and oxygen atoms in total. The summed E-state index contributed by atoms with van der Waals surface area (Å²) in [6, 6.07) is 7.31. The van der Waals surface area contributed by atoms with Gasteiger partial charge in [0.05, 0.1) is 0 Å². The molecule has 4 heteroatoms. The number of halogens is 1. The second-order valence-electron chi connectivity index (χ2n) is 2.51. The van der Waals surface area contributed by atoms with Crippen molar-refractivity contribution in [3.8, 4) is 0 Å². The molecule has 0 saturated heterocycles. The highest BCUT2D eigenvalue weighted by Crippen LogP contribution is 2.17. The van der Waals surface area contributed by atoms with Gasteiger partial charge in [0, 0.05) is 31.9 Å². The van der Waals surface area contributed by atoms with Crippen molar-refractivity contribution in [3.05, 3.63) is 29.2 Å². The van der Waals surface area contributed by atoms with Crippen molar-refractivity contribution in [3.63, 3.8) is 0 Å². The topological polar surface area (TPSA) is 31.4 Å². The van der Waals surface area contributed by atoms with Crippen LogP contribution in [0.3, 0.4) is 0 Å². The third-order valence-corrected chi connectivity index (χ3v) is 1.48. The lowest BCUT2D eigenvalue weighted by Gasteiger charge is -2.09. The summed E-state index contributed by atoms with van der Waals surface area (Å²) in [7, 11) is 3.93. The largest absolute Gasteiger partial charge is 1.00 e. The average molecular weight is 184 g/mol. The van der Waals surface area contributed by atoms with Crippen LogP contribution in [0.1, 0.15) is 0 Å². The van der Waals surface area contributed by atoms with Gasteiger partial charge < -0.3 is 17.3 Å². The fraction of sp³-hybridized carbons (Fsp3) is 0.250. The first kappa shape index (κ1) is 10.7. The van der Waals surface area contributed by atoms with Crippen LogP contribution in [0.25, 0.3) is 4.98 Å². The fourth-order valence-electron chi connectivity index (χ4n) is 0.817. The highest BCUT2D eigenvalue weighted by Gasteiger charge is 2.02. The van der Waals surface area contributed by atoms with Gasteiger partial charge in [0.15, 0.2) is 4.98 Å². The SMILES string of the molecule is CN(C)c1ccc([N+]#N)cc1.[Cl-]. The van der Waals surface area contributed by atoms with Crippen LogP contribution >= 0.6 is 0 Å². The molecule has 0 spiro atoms. The van der Waals surface area contributed by atoms with Crippen LogP contribution in [-0.4, -0.2) is 14.1 Å². The molecule has 0 aromatic heterocycles. The van der Waals surface area contributed by atoms with Gasteiger partial charge in [-0.3, -0.25) is 0 Å². The van der Waals surface area contributed by atoms with E-state index < -0.39 is 0 Å². The van der Waals surface area contributed by atoms with E-state index in [1.54, 1.807) is 12.1 Å². The zero-order chi connectivity index (χ0) is 8.27. The van der Waals surface area contributed by atoms with Gasteiger partial charge in [-0.15, -0.1) is 0 Å². The van der Waals surface area contributed by atoms with E-state index in [9.17, 15) is 0 Å². The number of nitrogens with zero attached hydrogens (tertiary/aromatic N) is 3. The number of hydrogen-bond donors (Lipinski definition) is 0. The van der Waals surface area contributed by atoms with Crippen molar-refractivity contribution in [2.24, 2.45) is 0 Å². The van der Waals surface area contributed by atoms with E-state index in [0.29, 0.717) is 5.69 Å². The van der Waals surface area contributed by atoms with Crippen LogP contribution in [-0.2, 0) is 0 Å². The van der Waals surface area contributed by atoms with Crippen LogP contribution in [0.15, 0.2) is 24.3 Å². The molecular formula is C8H10ClN3. The van der Waals surface area contributed by atoms with Crippen LogP contribution in [0.2, 0.25) is 0 Å². The van der Waals surface area contributed by atoms with Crippen LogP contribution < -0.4 is 17.3 Å². The van der Waals surface area contributed by atoms with Gasteiger partial charge in [0.25, 0.3) is 0 Å². The molecular weight excluding hydrogens is 174 g/mol. The molecule has 1 aromatic carbocycles. The third kappa shape index (κ3) is 2.40. The lowest BCUT2D eigenvalue weighted by Crippen LogP contribution is -3.00. The Kier molecular flexibility index (Phi) is 4.09. The van der Waals surface area contributed by atoms with E-state index >= 15 is 0 Å². The summed E-state index contributed by atoms with van der Waals surface area (Å²) in [5.74, 6) is 0. The van der Waals surface area contributed by atoms with E-state index in [1.807, 2.05) is 31.1 Å². The lowest BCUT2D eigenvalue weighted by atomic mass is 10.3. The molecule has 0 N–H and O–H groups in total. The Balaban J connectivity index is 0.00000121. The van der Waals surface area contributed by atoms with Crippen LogP contribution in [0.4, 0.5) is 11.4 Å². The number of anilines is 1. The predicted octanol–water partition coefficient (Wildman–Crippen LogP) is -0.759. The first-order valence-corrected chi connectivity index (χ1v) is 3.36. The summed E-state index contributed by atoms with van der Waals surface area (Å²) in [5.41, 5.74) is 1.67. The summed E-state index contributed by atoms with van der Waals surface area (Å²) in [6.45, 7) is 0. The van der Waals surface area contributed by atoms with Gasteiger partial charge in [-0.1, -0.05) is 0 Å². The fourth-order valence-corrected chi connectivity index (χ4v) is 0.817. The minimum absolute atomic E-state index is 0. The number of benzene rings is 1. The molecule has 12 heavy (non-hydrogen) atoms. The molecule has 1 aromatic rings. The maximum atomic E-state index is 8.38. The van der Waals surface area contributed by atoms with Crippen molar-refractivity contribution in [1.29, 1.82) is 5.39 Å². The van der Waals surface area contributed by atoms with Gasteiger partial charge in [0.2, 0.25) is 5.39 Å². The second-order valence-corrected chi connectivity index (χ2v) is 2.51. The molecule has 0 unspecified atom stereocenters. The Hall–Kier alpha value is -1.27. The first-order chi connectivity index (χ1) is 5.24. The monoisotopic (exact) mass is 183 g/mol. The molecule has 1 rings (SSSR count). The number of rotatable bonds is 1. The standard InChI is InChI=1S/C8H10N3.ClH/c1-11(2)8-5-3-7(10-9)4-6-8;/h3-6H,1-2H3;1H/q+1;/p-1. The summed E-state index contributed by atoms with van der Waals surface area (Å²) in [4.78, 5) is 5.04. The molecule has 0 heterocycles. The number of diazo groups is 1. The highest BCUT2D eigenvalue weighted by atomic mass is 35.5. The molecule has 0 amide bonds. The van der Waals surface area contributed by atoms with Crippen molar-refractivity contribution in [1.82, 2.24) is 0 Å². The van der Waals surface area contributed by atoms with Crippen molar-refractivity contribution < 1.29 is 12.4 Å². The van der Waals surface area contributed by atoms with Gasteiger partial charge in [-0.2, -0.15) is 0 Å². The molecule has 0 fully saturated rings. The number of hydrogen-bond acceptors (Lipinski definition) is 2. The molecule has 0 atom stereocenters. The lowest BCUT2D eigenvalue weighted by molar-refractivity contribution is -0.00000255. The molecule has 0 saturated carbocycles. The van der Waals surface area contributed by atoms with E-state index in [0.717, 1.165) is 5.69 Å². The quantitative estimate of drug-likeness (QED) is 0.537. The summed E-state index contributed by atoms with van der Waals surface area (Å²) in [6.07, 6.45) is 0. The maximum Gasteiger partial charge on any atom is 0.385 e. The van der Waals surface area contributed by atoms with Crippen LogP contribution in [0.5, 0.6) is 0 Å². The van der Waals surface area contributed by atoms with Crippen molar-refractivity contribution >= 4 is 11.4 Å². The third-order valence-electron chi connectivity index (χ3n) is 1.48. The zero-order valence-electron chi connectivity index (χ0n) is 7.03. The van der Waals surface area contributed by atoms with Crippen molar-refractivity contribution in [2.75, 3.05) is 19.0 Å². The van der Waals surface area contributed by atoms with E-state index in [4.69, 9.17) is 5.39 Å². The predicted molar refractivity (Wildman–Crippen MR) is 45.5 cm³/mol. The first-order valence-electron chi connectivity index (χ1n) is 3.36. The zero-order valence-corrected chi connectivity index (χ0v) is 7.78. The van der Waals surface area contributed by atoms with Gasteiger partial charge in [-0.25, -0.2) is 0 Å². The average Bonchev–Trinajstić information content (AvgIpc) is 2.05. The van der Waals surface area contributed by atoms with Gasteiger partial charge >= 0.3 is 5.69 Å². The molecule has 0 aliphatic heterocycles. The minimum atomic E-state index is 0. The Morgan fingerprint density at radius 1 is 1.17 bits per heavy atom. The Labute approximate surface area is 78.0 Å². The summed E-state index contributed by atoms with van der Waals surface area (Å²) < 4.78 is 0. The Morgan fingerprint density at radius 3 is 2.00 bits per heavy atom.